The molecule has 0 unspecified atom stereocenters. The lowest BCUT2D eigenvalue weighted by molar-refractivity contribution is -0.383. The van der Waals surface area contributed by atoms with Gasteiger partial charge in [0.1, 0.15) is 67.9 Å². The highest BCUT2D eigenvalue weighted by atomic mass is 16.8. The predicted molar refractivity (Wildman–Crippen MR) is 208 cm³/mol. The molecule has 0 aromatic heterocycles. The minimum atomic E-state index is -2.64. The van der Waals surface area contributed by atoms with Crippen LogP contribution < -0.4 is 4.74 Å². The van der Waals surface area contributed by atoms with Crippen LogP contribution in [0.4, 0.5) is 0 Å². The topological polar surface area (TPSA) is 284 Å². The van der Waals surface area contributed by atoms with E-state index in [-0.39, 0.29) is 23.0 Å². The molecule has 19 nitrogen and oxygen atoms in total. The third-order valence-corrected chi connectivity index (χ3v) is 9.18. The number of carbonyl (C=O) groups excluding carboxylic acids is 4. The zero-order chi connectivity index (χ0) is 44.3. The van der Waals surface area contributed by atoms with Gasteiger partial charge in [0, 0.05) is 25.2 Å². The third-order valence-electron chi connectivity index (χ3n) is 9.18. The molecule has 61 heavy (non-hydrogen) atoms. The minimum absolute atomic E-state index is 0.0247. The average Bonchev–Trinajstić information content (AvgIpc) is 3.49. The number of aliphatic hydroxyl groups excluding tert-OH is 4. The van der Waals surface area contributed by atoms with Crippen molar-refractivity contribution in [2.75, 3.05) is 26.9 Å². The van der Waals surface area contributed by atoms with Crippen LogP contribution in [0.15, 0.2) is 85.0 Å². The SMILES string of the molecule is COc1cc(C=CC(=O)OC[C@H]2O[C@@](COC(=O)C=Cc3ccc(O)cc3)(O[C@H]3O[C@H](COC(C)=O)[C@@H](O)[C@H](O)[C@H]3O)[C@@H](OC(=O)C=Cc3ccc(O)cc3)[C@@H]2O)ccc1O. The second-order valence-corrected chi connectivity index (χ2v) is 13.6. The Labute approximate surface area is 347 Å². The smallest absolute Gasteiger partial charge is 0.331 e. The molecule has 0 bridgehead atoms. The minimum Gasteiger partial charge on any atom is -0.508 e. The summed E-state index contributed by atoms with van der Waals surface area (Å²) in [6, 6.07) is 15.7. The number of rotatable bonds is 16. The normalized spacial score (nSPS) is 26.3. The van der Waals surface area contributed by atoms with E-state index in [2.05, 4.69) is 0 Å². The summed E-state index contributed by atoms with van der Waals surface area (Å²) in [5, 5.41) is 73.1. The van der Waals surface area contributed by atoms with Crippen LogP contribution in [0.25, 0.3) is 18.2 Å². The third kappa shape index (κ3) is 12.4. The monoisotopic (exact) mass is 852 g/mol. The van der Waals surface area contributed by atoms with Gasteiger partial charge in [-0.1, -0.05) is 30.3 Å². The van der Waals surface area contributed by atoms with Gasteiger partial charge in [-0.15, -0.1) is 0 Å². The lowest BCUT2D eigenvalue weighted by Crippen LogP contribution is -2.63. The molecular weight excluding hydrogens is 808 g/mol. The number of methoxy groups -OCH3 is 1. The van der Waals surface area contributed by atoms with Crippen molar-refractivity contribution in [3.05, 3.63) is 102 Å². The summed E-state index contributed by atoms with van der Waals surface area (Å²) in [7, 11) is 1.34. The number of ether oxygens (including phenoxy) is 8. The van der Waals surface area contributed by atoms with Crippen LogP contribution >= 0.6 is 0 Å². The highest BCUT2D eigenvalue weighted by molar-refractivity contribution is 5.88. The number of aromatic hydroxyl groups is 3. The van der Waals surface area contributed by atoms with Gasteiger partial charge in [-0.2, -0.15) is 0 Å². The Hall–Kier alpha value is -6.32. The van der Waals surface area contributed by atoms with Crippen LogP contribution in [0.5, 0.6) is 23.0 Å². The molecule has 326 valence electrons. The molecule has 0 spiro atoms. The molecule has 2 fully saturated rings. The van der Waals surface area contributed by atoms with E-state index in [4.69, 9.17) is 37.9 Å². The molecule has 9 atom stereocenters. The van der Waals surface area contributed by atoms with Crippen molar-refractivity contribution < 1.29 is 92.8 Å². The van der Waals surface area contributed by atoms with E-state index in [1.165, 1.54) is 92.1 Å². The first-order chi connectivity index (χ1) is 29.1. The zero-order valence-electron chi connectivity index (χ0n) is 32.6. The molecule has 0 radical (unpaired) electrons. The molecule has 2 saturated heterocycles. The Balaban J connectivity index is 1.46. The van der Waals surface area contributed by atoms with Crippen molar-refractivity contribution in [2.24, 2.45) is 0 Å². The van der Waals surface area contributed by atoms with Crippen molar-refractivity contribution >= 4 is 42.1 Å². The Bertz CT molecular complexity index is 2080. The first kappa shape index (κ1) is 45.8. The van der Waals surface area contributed by atoms with Gasteiger partial charge in [0.15, 0.2) is 23.9 Å². The van der Waals surface area contributed by atoms with E-state index in [0.29, 0.717) is 16.7 Å². The average molecular weight is 853 g/mol. The van der Waals surface area contributed by atoms with Crippen LogP contribution in [0, 0.1) is 0 Å². The maximum Gasteiger partial charge on any atom is 0.331 e. The van der Waals surface area contributed by atoms with Gasteiger partial charge in [-0.05, 0) is 71.3 Å². The van der Waals surface area contributed by atoms with Crippen LogP contribution in [0.2, 0.25) is 0 Å². The molecule has 2 aliphatic heterocycles. The van der Waals surface area contributed by atoms with Crippen molar-refractivity contribution in [3.8, 4) is 23.0 Å². The second kappa shape index (κ2) is 20.8. The number of hydrogen-bond acceptors (Lipinski definition) is 19. The molecule has 7 N–H and O–H groups in total. The summed E-state index contributed by atoms with van der Waals surface area (Å²) in [5.74, 6) is -6.59. The van der Waals surface area contributed by atoms with E-state index >= 15 is 0 Å². The lowest BCUT2D eigenvalue weighted by Gasteiger charge is -2.43. The summed E-state index contributed by atoms with van der Waals surface area (Å²) in [6.07, 6.45) is -8.05. The highest BCUT2D eigenvalue weighted by Gasteiger charge is 2.62. The van der Waals surface area contributed by atoms with Gasteiger partial charge in [0.2, 0.25) is 5.79 Å². The first-order valence-electron chi connectivity index (χ1n) is 18.5. The fraction of sp³-hybridized carbons (Fsp3) is 0.333. The molecule has 2 heterocycles. The van der Waals surface area contributed by atoms with E-state index in [9.17, 15) is 54.9 Å². The predicted octanol–water partition coefficient (Wildman–Crippen LogP) is 1.09. The van der Waals surface area contributed by atoms with Gasteiger partial charge >= 0.3 is 23.9 Å². The standard InChI is InChI=1S/C42H44O19/c1-23(43)55-20-31-36(50)38(52)39(53)41(58-31)61-42(22-57-34(48)16-8-24-3-11-27(44)12-4-24)40(59-35(49)18-9-25-5-13-28(45)14-6-25)37(51)32(60-42)21-56-33(47)17-10-26-7-15-29(46)30(19-26)54-2/h3-19,31-32,36-41,44-46,50-53H,20-22H2,1-2H3/t31-,32-,36-,37-,38+,39-,40+,41-,42+/m1/s1. The van der Waals surface area contributed by atoms with Crippen molar-refractivity contribution in [3.63, 3.8) is 0 Å². The first-order valence-corrected chi connectivity index (χ1v) is 18.5. The largest absolute Gasteiger partial charge is 0.508 e. The summed E-state index contributed by atoms with van der Waals surface area (Å²) >= 11 is 0. The molecular formula is C42H44O19. The van der Waals surface area contributed by atoms with Crippen LogP contribution in [0.1, 0.15) is 23.6 Å². The number of phenolic OH excluding ortho intramolecular Hbond substituents is 3. The Morgan fingerprint density at radius 2 is 1.20 bits per heavy atom. The molecule has 0 saturated carbocycles. The zero-order valence-corrected chi connectivity index (χ0v) is 32.6. The van der Waals surface area contributed by atoms with E-state index in [1.54, 1.807) is 0 Å². The summed E-state index contributed by atoms with van der Waals surface area (Å²) in [4.78, 5) is 50.9. The van der Waals surface area contributed by atoms with Crippen LogP contribution in [-0.2, 0) is 52.3 Å². The Morgan fingerprint density at radius 1 is 0.656 bits per heavy atom. The molecule has 3 aromatic carbocycles. The van der Waals surface area contributed by atoms with Crippen LogP contribution in [-0.4, -0.2) is 141 Å². The Morgan fingerprint density at radius 3 is 1.79 bits per heavy atom. The molecule has 5 rings (SSSR count). The summed E-state index contributed by atoms with van der Waals surface area (Å²) in [6.45, 7) is -1.33. The van der Waals surface area contributed by atoms with Gasteiger partial charge in [-0.3, -0.25) is 4.79 Å². The molecule has 0 amide bonds. The number of carbonyl (C=O) groups is 4. The summed E-state index contributed by atoms with van der Waals surface area (Å²) < 4.78 is 44.3. The number of benzene rings is 3. The van der Waals surface area contributed by atoms with Crippen molar-refractivity contribution in [1.82, 2.24) is 0 Å². The van der Waals surface area contributed by atoms with Crippen molar-refractivity contribution in [1.29, 1.82) is 0 Å². The van der Waals surface area contributed by atoms with E-state index < -0.39 is 98.5 Å². The Kier molecular flexibility index (Phi) is 15.6. The molecule has 3 aromatic rings. The van der Waals surface area contributed by atoms with Gasteiger partial charge in [0.25, 0.3) is 0 Å². The second-order valence-electron chi connectivity index (χ2n) is 13.6. The fourth-order valence-electron chi connectivity index (χ4n) is 5.99. The quantitative estimate of drug-likeness (QED) is 0.0603. The molecule has 0 aliphatic carbocycles. The highest BCUT2D eigenvalue weighted by Crippen LogP contribution is 2.39. The van der Waals surface area contributed by atoms with Crippen LogP contribution in [0.3, 0.4) is 0 Å². The van der Waals surface area contributed by atoms with E-state index in [0.717, 1.165) is 25.2 Å². The number of hydrogen-bond donors (Lipinski definition) is 7. The number of esters is 4. The van der Waals surface area contributed by atoms with Crippen molar-refractivity contribution in [2.45, 2.75) is 61.7 Å². The maximum atomic E-state index is 13.4. The van der Waals surface area contributed by atoms with E-state index in [1.807, 2.05) is 0 Å². The fourth-order valence-corrected chi connectivity index (χ4v) is 5.99. The van der Waals surface area contributed by atoms with Gasteiger partial charge in [-0.25, -0.2) is 14.4 Å². The lowest BCUT2D eigenvalue weighted by atomic mass is 9.98. The maximum absolute atomic E-state index is 13.4. The molecule has 19 heteroatoms. The van der Waals surface area contributed by atoms with Gasteiger partial charge < -0.3 is 73.6 Å². The molecule has 2 aliphatic rings. The number of phenols is 3. The summed E-state index contributed by atoms with van der Waals surface area (Å²) in [5.41, 5.74) is 1.37. The van der Waals surface area contributed by atoms with Gasteiger partial charge in [0.05, 0.1) is 7.11 Å². The number of aliphatic hydroxyl groups is 4.